The second-order valence-corrected chi connectivity index (χ2v) is 9.30. The topological polar surface area (TPSA) is 79.0 Å². The van der Waals surface area contributed by atoms with Gasteiger partial charge in [-0.15, -0.1) is 0 Å². The highest BCUT2D eigenvalue weighted by Gasteiger charge is 2.28. The van der Waals surface area contributed by atoms with E-state index in [0.29, 0.717) is 50.1 Å². The van der Waals surface area contributed by atoms with E-state index in [1.54, 1.807) is 25.1 Å². The van der Waals surface area contributed by atoms with Gasteiger partial charge in [-0.2, -0.15) is 4.31 Å². The van der Waals surface area contributed by atoms with Crippen LogP contribution in [0.3, 0.4) is 0 Å². The average Bonchev–Trinajstić information content (AvgIpc) is 3.19. The lowest BCUT2D eigenvalue weighted by Crippen LogP contribution is -2.40. The molecular formula is C19H29N3O4S. The van der Waals surface area contributed by atoms with E-state index in [1.807, 2.05) is 7.05 Å². The van der Waals surface area contributed by atoms with Gasteiger partial charge >= 0.3 is 0 Å². The number of nitrogens with zero attached hydrogens (tertiary/aromatic N) is 2. The molecule has 0 unspecified atom stereocenters. The molecule has 0 atom stereocenters. The Kier molecular flexibility index (Phi) is 6.52. The number of sulfonamides is 1. The summed E-state index contributed by atoms with van der Waals surface area (Å²) in [5.74, 6) is -0.122. The molecule has 0 spiro atoms. The minimum absolute atomic E-state index is 0.122. The first kappa shape index (κ1) is 20.3. The molecule has 7 nitrogen and oxygen atoms in total. The number of aryl methyl sites for hydroxylation is 1. The number of ether oxygens (including phenoxy) is 1. The number of carbonyl (C=O) groups excluding carboxylic acids is 1. The molecule has 3 rings (SSSR count). The first-order chi connectivity index (χ1) is 12.9. The number of amides is 1. The fourth-order valence-electron chi connectivity index (χ4n) is 3.78. The molecule has 0 radical (unpaired) electrons. The largest absolute Gasteiger partial charge is 0.379 e. The van der Waals surface area contributed by atoms with Gasteiger partial charge in [0, 0.05) is 24.8 Å². The van der Waals surface area contributed by atoms with E-state index in [9.17, 15) is 13.2 Å². The van der Waals surface area contributed by atoms with Crippen LogP contribution in [0.5, 0.6) is 0 Å². The van der Waals surface area contributed by atoms with E-state index >= 15 is 0 Å². The third-order valence-electron chi connectivity index (χ3n) is 5.40. The summed E-state index contributed by atoms with van der Waals surface area (Å²) in [5.41, 5.74) is 1.18. The second kappa shape index (κ2) is 8.68. The quantitative estimate of drug-likeness (QED) is 0.795. The molecule has 1 saturated heterocycles. The number of hydrogen-bond acceptors (Lipinski definition) is 5. The van der Waals surface area contributed by atoms with Crippen LogP contribution in [0.2, 0.25) is 0 Å². The molecule has 1 aromatic rings. The van der Waals surface area contributed by atoms with Crippen LogP contribution in [0.25, 0.3) is 0 Å². The summed E-state index contributed by atoms with van der Waals surface area (Å²) in [6.45, 7) is 3.59. The first-order valence-corrected chi connectivity index (χ1v) is 11.0. The monoisotopic (exact) mass is 395 g/mol. The number of benzene rings is 1. The van der Waals surface area contributed by atoms with Gasteiger partial charge in [0.1, 0.15) is 0 Å². The fourth-order valence-corrected chi connectivity index (χ4v) is 5.44. The van der Waals surface area contributed by atoms with Gasteiger partial charge in [0.05, 0.1) is 24.7 Å². The Balaban J connectivity index is 1.70. The maximum atomic E-state index is 12.9. The number of nitrogens with one attached hydrogen (secondary N) is 1. The molecule has 2 fully saturated rings. The Morgan fingerprint density at radius 1 is 1.26 bits per heavy atom. The van der Waals surface area contributed by atoms with E-state index in [4.69, 9.17) is 4.74 Å². The summed E-state index contributed by atoms with van der Waals surface area (Å²) in [4.78, 5) is 14.7. The van der Waals surface area contributed by atoms with Crippen LogP contribution < -0.4 is 5.32 Å². The van der Waals surface area contributed by atoms with Crippen LogP contribution in [0.1, 0.15) is 31.2 Å². The van der Waals surface area contributed by atoms with Crippen LogP contribution in [0.4, 0.5) is 5.69 Å². The molecule has 1 aromatic carbocycles. The average molecular weight is 396 g/mol. The second-order valence-electron chi connectivity index (χ2n) is 7.40. The zero-order valence-corrected chi connectivity index (χ0v) is 16.9. The van der Waals surface area contributed by atoms with Crippen LogP contribution in [0, 0.1) is 6.92 Å². The molecule has 8 heteroatoms. The molecule has 0 bridgehead atoms. The van der Waals surface area contributed by atoms with Crippen molar-refractivity contribution in [2.75, 3.05) is 45.2 Å². The summed E-state index contributed by atoms with van der Waals surface area (Å²) in [6, 6.07) is 5.52. The standard InChI is InChI=1S/C19H29N3O4S/c1-15-7-8-16(20-19(23)14-21(2)17-5-3-4-6-17)13-18(15)27(24,25)22-9-11-26-12-10-22/h7-8,13,17H,3-6,9-12,14H2,1-2H3,(H,20,23). The van der Waals surface area contributed by atoms with Gasteiger partial charge in [0.2, 0.25) is 15.9 Å². The number of anilines is 1. The maximum absolute atomic E-state index is 12.9. The van der Waals surface area contributed by atoms with Crippen LogP contribution >= 0.6 is 0 Å². The lowest BCUT2D eigenvalue weighted by molar-refractivity contribution is -0.117. The third kappa shape index (κ3) is 4.87. The lowest BCUT2D eigenvalue weighted by Gasteiger charge is -2.27. The van der Waals surface area contributed by atoms with Gasteiger partial charge in [-0.25, -0.2) is 8.42 Å². The Morgan fingerprint density at radius 2 is 1.93 bits per heavy atom. The molecule has 1 N–H and O–H groups in total. The zero-order valence-electron chi connectivity index (χ0n) is 16.1. The minimum Gasteiger partial charge on any atom is -0.379 e. The molecule has 1 saturated carbocycles. The molecular weight excluding hydrogens is 366 g/mol. The highest BCUT2D eigenvalue weighted by Crippen LogP contribution is 2.25. The van der Waals surface area contributed by atoms with Crippen molar-refractivity contribution in [3.05, 3.63) is 23.8 Å². The van der Waals surface area contributed by atoms with E-state index in [-0.39, 0.29) is 10.8 Å². The number of rotatable bonds is 6. The Bertz CT molecular complexity index is 769. The number of morpholine rings is 1. The SMILES string of the molecule is Cc1ccc(NC(=O)CN(C)C2CCCC2)cc1S(=O)(=O)N1CCOCC1. The van der Waals surface area contributed by atoms with E-state index in [1.165, 1.54) is 17.1 Å². The summed E-state index contributed by atoms with van der Waals surface area (Å²) in [7, 11) is -1.62. The Labute approximate surface area is 161 Å². The highest BCUT2D eigenvalue weighted by atomic mass is 32.2. The van der Waals surface area contributed by atoms with Crippen LogP contribution in [0.15, 0.2) is 23.1 Å². The maximum Gasteiger partial charge on any atom is 0.243 e. The molecule has 1 aliphatic heterocycles. The first-order valence-electron chi connectivity index (χ1n) is 9.56. The lowest BCUT2D eigenvalue weighted by atomic mass is 10.2. The summed E-state index contributed by atoms with van der Waals surface area (Å²) in [6.07, 6.45) is 4.71. The molecule has 27 heavy (non-hydrogen) atoms. The Morgan fingerprint density at radius 3 is 2.59 bits per heavy atom. The van der Waals surface area contributed by atoms with Crippen molar-refractivity contribution in [2.24, 2.45) is 0 Å². The van der Waals surface area contributed by atoms with Gasteiger partial charge in [-0.3, -0.25) is 9.69 Å². The van der Waals surface area contributed by atoms with Gasteiger partial charge in [0.25, 0.3) is 0 Å². The molecule has 2 aliphatic rings. The van der Waals surface area contributed by atoms with Crippen molar-refractivity contribution in [1.29, 1.82) is 0 Å². The Hall–Kier alpha value is -1.48. The van der Waals surface area contributed by atoms with Crippen LogP contribution in [-0.4, -0.2) is 69.5 Å². The summed E-state index contributed by atoms with van der Waals surface area (Å²) < 4.78 is 32.6. The van der Waals surface area contributed by atoms with Gasteiger partial charge < -0.3 is 10.1 Å². The predicted octanol–water partition coefficient (Wildman–Crippen LogP) is 1.83. The van der Waals surface area contributed by atoms with Crippen molar-refractivity contribution in [2.45, 2.75) is 43.5 Å². The van der Waals surface area contributed by atoms with E-state index < -0.39 is 10.0 Å². The molecule has 1 heterocycles. The van der Waals surface area contributed by atoms with Crippen molar-refractivity contribution >= 4 is 21.6 Å². The fraction of sp³-hybridized carbons (Fsp3) is 0.632. The highest BCUT2D eigenvalue weighted by molar-refractivity contribution is 7.89. The van der Waals surface area contributed by atoms with Gasteiger partial charge in [-0.1, -0.05) is 18.9 Å². The molecule has 150 valence electrons. The van der Waals surface area contributed by atoms with Gasteiger partial charge in [-0.05, 0) is 44.5 Å². The van der Waals surface area contributed by atoms with Crippen molar-refractivity contribution < 1.29 is 17.9 Å². The predicted molar refractivity (Wildman–Crippen MR) is 104 cm³/mol. The number of likely N-dealkylation sites (N-methyl/N-ethyl adjacent to an activating group) is 1. The molecule has 0 aromatic heterocycles. The number of carbonyl (C=O) groups is 1. The van der Waals surface area contributed by atoms with E-state index in [0.717, 1.165) is 12.8 Å². The zero-order chi connectivity index (χ0) is 19.4. The van der Waals surface area contributed by atoms with Crippen LogP contribution in [-0.2, 0) is 19.6 Å². The normalized spacial score (nSPS) is 19.5. The minimum atomic E-state index is -3.60. The molecule has 1 amide bonds. The summed E-state index contributed by atoms with van der Waals surface area (Å²) in [5, 5.41) is 2.85. The van der Waals surface area contributed by atoms with Crippen molar-refractivity contribution in [3.63, 3.8) is 0 Å². The van der Waals surface area contributed by atoms with Crippen molar-refractivity contribution in [3.8, 4) is 0 Å². The smallest absolute Gasteiger partial charge is 0.243 e. The molecule has 1 aliphatic carbocycles. The number of hydrogen-bond donors (Lipinski definition) is 1. The van der Waals surface area contributed by atoms with Crippen molar-refractivity contribution in [1.82, 2.24) is 9.21 Å². The summed E-state index contributed by atoms with van der Waals surface area (Å²) >= 11 is 0. The van der Waals surface area contributed by atoms with Gasteiger partial charge in [0.15, 0.2) is 0 Å². The van der Waals surface area contributed by atoms with E-state index in [2.05, 4.69) is 10.2 Å². The third-order valence-corrected chi connectivity index (χ3v) is 7.44.